The summed E-state index contributed by atoms with van der Waals surface area (Å²) < 4.78 is 6.30. The molecule has 2 aliphatic rings. The Hall–Kier alpha value is -8.20. The van der Waals surface area contributed by atoms with Gasteiger partial charge in [-0.1, -0.05) is 202 Å². The summed E-state index contributed by atoms with van der Waals surface area (Å²) >= 11 is 0. The Labute approximate surface area is 385 Å². The van der Waals surface area contributed by atoms with E-state index in [1.54, 1.807) is 0 Å². The number of rotatable bonds is 7. The Kier molecular flexibility index (Phi) is 8.51. The van der Waals surface area contributed by atoms with Gasteiger partial charge < -0.3 is 9.32 Å². The van der Waals surface area contributed by atoms with E-state index in [1.807, 2.05) is 6.07 Å². The van der Waals surface area contributed by atoms with E-state index in [9.17, 15) is 0 Å². The SMILES string of the molecule is CC1(C)c2ccccc2-c2cccc(N(c3ccc(-c4ccc5c(c4)-c4ccccc4C5(c4ccccc4)c4ccccc4)cc3)c3ccc(-c4cccc5oc6ccccc6c45)cc3)c21. The largest absolute Gasteiger partial charge is 0.456 e. The van der Waals surface area contributed by atoms with Crippen LogP contribution >= 0.6 is 0 Å². The van der Waals surface area contributed by atoms with Crippen LogP contribution < -0.4 is 4.90 Å². The maximum absolute atomic E-state index is 6.30. The molecule has 0 N–H and O–H groups in total. The first kappa shape index (κ1) is 38.3. The van der Waals surface area contributed by atoms with Gasteiger partial charge in [0.2, 0.25) is 0 Å². The molecule has 66 heavy (non-hydrogen) atoms. The highest BCUT2D eigenvalue weighted by molar-refractivity contribution is 6.12. The Bertz CT molecular complexity index is 3620. The van der Waals surface area contributed by atoms with Crippen molar-refractivity contribution in [3.8, 4) is 44.5 Å². The molecule has 2 aliphatic carbocycles. The molecule has 10 aromatic carbocycles. The molecule has 0 fully saturated rings. The molecule has 2 nitrogen and oxygen atoms in total. The van der Waals surface area contributed by atoms with Crippen LogP contribution in [-0.2, 0) is 10.8 Å². The third-order valence-electron chi connectivity index (χ3n) is 14.6. The van der Waals surface area contributed by atoms with Crippen LogP contribution in [0.15, 0.2) is 241 Å². The highest BCUT2D eigenvalue weighted by Gasteiger charge is 2.46. The van der Waals surface area contributed by atoms with Gasteiger partial charge in [-0.3, -0.25) is 0 Å². The number of benzene rings is 10. The Balaban J connectivity index is 0.942. The lowest BCUT2D eigenvalue weighted by Crippen LogP contribution is -2.28. The van der Waals surface area contributed by atoms with Crippen LogP contribution in [0.2, 0.25) is 0 Å². The van der Waals surface area contributed by atoms with E-state index in [2.05, 4.69) is 249 Å². The second-order valence-electron chi connectivity index (χ2n) is 18.4. The van der Waals surface area contributed by atoms with Crippen LogP contribution in [0.4, 0.5) is 17.1 Å². The molecule has 2 heteroatoms. The third kappa shape index (κ3) is 5.55. The molecule has 1 heterocycles. The molecule has 312 valence electrons. The minimum atomic E-state index is -0.422. The van der Waals surface area contributed by atoms with E-state index in [1.165, 1.54) is 78.0 Å². The van der Waals surface area contributed by atoms with Crippen molar-refractivity contribution in [2.45, 2.75) is 24.7 Å². The summed E-state index contributed by atoms with van der Waals surface area (Å²) in [4.78, 5) is 2.46. The van der Waals surface area contributed by atoms with Crippen molar-refractivity contribution in [2.75, 3.05) is 4.90 Å². The molecule has 13 rings (SSSR count). The van der Waals surface area contributed by atoms with Gasteiger partial charge in [-0.05, 0) is 126 Å². The summed E-state index contributed by atoms with van der Waals surface area (Å²) in [7, 11) is 0. The van der Waals surface area contributed by atoms with E-state index in [0.717, 1.165) is 38.9 Å². The van der Waals surface area contributed by atoms with Crippen molar-refractivity contribution >= 4 is 39.0 Å². The smallest absolute Gasteiger partial charge is 0.136 e. The van der Waals surface area contributed by atoms with Gasteiger partial charge in [0.25, 0.3) is 0 Å². The second kappa shape index (κ2) is 14.7. The summed E-state index contributed by atoms with van der Waals surface area (Å²) in [5.74, 6) is 0. The van der Waals surface area contributed by atoms with Crippen LogP contribution in [0.3, 0.4) is 0 Å². The summed E-state index contributed by atoms with van der Waals surface area (Å²) in [5.41, 5.74) is 22.3. The number of hydrogen-bond donors (Lipinski definition) is 0. The molecule has 0 saturated carbocycles. The number of furan rings is 1. The quantitative estimate of drug-likeness (QED) is 0.159. The molecule has 0 radical (unpaired) electrons. The zero-order chi connectivity index (χ0) is 44.0. The standard InChI is InChI=1S/C64H45NO/c1-63(2)55-26-12-9-21-50(55)52-25-15-28-58(62(52)63)65(48-38-33-43(34-39-48)49-24-16-30-60-61(49)53-23-11-14-29-59(53)66-60)47-36-31-42(32-37-47)44-35-40-57-54(41-44)51-22-10-13-27-56(51)64(57,45-17-5-3-6-18-45)46-19-7-4-8-20-46/h3-41H,1-2H3. The zero-order valence-corrected chi connectivity index (χ0v) is 36.9. The van der Waals surface area contributed by atoms with Gasteiger partial charge in [0, 0.05) is 27.6 Å². The van der Waals surface area contributed by atoms with Crippen LogP contribution in [-0.4, -0.2) is 0 Å². The van der Waals surface area contributed by atoms with Crippen LogP contribution in [0.1, 0.15) is 47.2 Å². The Morgan fingerprint density at radius 3 is 1.59 bits per heavy atom. The number of nitrogens with zero attached hydrogens (tertiary/aromatic N) is 1. The first-order valence-electron chi connectivity index (χ1n) is 23.0. The molecule has 0 aliphatic heterocycles. The van der Waals surface area contributed by atoms with Crippen molar-refractivity contribution in [1.29, 1.82) is 0 Å². The molecule has 1 aromatic heterocycles. The lowest BCUT2D eigenvalue weighted by Gasteiger charge is -2.33. The van der Waals surface area contributed by atoms with Gasteiger partial charge in [-0.2, -0.15) is 0 Å². The molecule has 0 atom stereocenters. The van der Waals surface area contributed by atoms with E-state index in [-0.39, 0.29) is 5.41 Å². The highest BCUT2D eigenvalue weighted by atomic mass is 16.3. The number of anilines is 3. The number of hydrogen-bond acceptors (Lipinski definition) is 2. The maximum atomic E-state index is 6.30. The molecule has 0 unspecified atom stereocenters. The Morgan fingerprint density at radius 2 is 0.879 bits per heavy atom. The van der Waals surface area contributed by atoms with Gasteiger partial charge in [0.15, 0.2) is 0 Å². The van der Waals surface area contributed by atoms with Gasteiger partial charge in [0.1, 0.15) is 11.2 Å². The number of fused-ring (bicyclic) bond motifs is 9. The average Bonchev–Trinajstić information content (AvgIpc) is 3.99. The van der Waals surface area contributed by atoms with Gasteiger partial charge >= 0.3 is 0 Å². The molecule has 0 amide bonds. The fourth-order valence-electron chi connectivity index (χ4n) is 11.7. The summed E-state index contributed by atoms with van der Waals surface area (Å²) in [6, 6.07) is 86.9. The van der Waals surface area contributed by atoms with Crippen molar-refractivity contribution in [2.24, 2.45) is 0 Å². The minimum Gasteiger partial charge on any atom is -0.456 e. The summed E-state index contributed by atoms with van der Waals surface area (Å²) in [6.45, 7) is 4.75. The second-order valence-corrected chi connectivity index (χ2v) is 18.4. The summed E-state index contributed by atoms with van der Waals surface area (Å²) in [5, 5.41) is 2.28. The zero-order valence-electron chi connectivity index (χ0n) is 36.9. The monoisotopic (exact) mass is 843 g/mol. The topological polar surface area (TPSA) is 16.4 Å². The lowest BCUT2D eigenvalue weighted by molar-refractivity contribution is 0.661. The maximum Gasteiger partial charge on any atom is 0.136 e. The molecule has 11 aromatic rings. The van der Waals surface area contributed by atoms with Crippen molar-refractivity contribution in [1.82, 2.24) is 0 Å². The van der Waals surface area contributed by atoms with Crippen LogP contribution in [0, 0.1) is 0 Å². The van der Waals surface area contributed by atoms with Crippen LogP contribution in [0.5, 0.6) is 0 Å². The molecule has 0 saturated heterocycles. The van der Waals surface area contributed by atoms with E-state index >= 15 is 0 Å². The third-order valence-corrected chi connectivity index (χ3v) is 14.6. The van der Waals surface area contributed by atoms with Crippen molar-refractivity contribution in [3.63, 3.8) is 0 Å². The van der Waals surface area contributed by atoms with Gasteiger partial charge in [-0.15, -0.1) is 0 Å². The highest BCUT2D eigenvalue weighted by Crippen LogP contribution is 2.57. The van der Waals surface area contributed by atoms with Crippen LogP contribution in [0.25, 0.3) is 66.4 Å². The Morgan fingerprint density at radius 1 is 0.364 bits per heavy atom. The minimum absolute atomic E-state index is 0.200. The molecule has 0 spiro atoms. The fraction of sp³-hybridized carbons (Fsp3) is 0.0625. The average molecular weight is 844 g/mol. The first-order chi connectivity index (χ1) is 32.5. The predicted molar refractivity (Wildman–Crippen MR) is 274 cm³/mol. The predicted octanol–water partition coefficient (Wildman–Crippen LogP) is 17.1. The van der Waals surface area contributed by atoms with Crippen molar-refractivity contribution in [3.05, 3.63) is 270 Å². The van der Waals surface area contributed by atoms with Gasteiger partial charge in [0.05, 0.1) is 11.1 Å². The normalized spacial score (nSPS) is 13.8. The van der Waals surface area contributed by atoms with E-state index in [0.29, 0.717) is 0 Å². The lowest BCUT2D eigenvalue weighted by atomic mass is 9.67. The number of para-hydroxylation sites is 1. The fourth-order valence-corrected chi connectivity index (χ4v) is 11.7. The molecular weight excluding hydrogens is 799 g/mol. The van der Waals surface area contributed by atoms with Gasteiger partial charge in [-0.25, -0.2) is 0 Å². The van der Waals surface area contributed by atoms with E-state index < -0.39 is 5.41 Å². The van der Waals surface area contributed by atoms with Crippen molar-refractivity contribution < 1.29 is 4.42 Å². The molecule has 0 bridgehead atoms. The first-order valence-corrected chi connectivity index (χ1v) is 23.0. The molecular formula is C64H45NO. The van der Waals surface area contributed by atoms with E-state index in [4.69, 9.17) is 4.42 Å². The summed E-state index contributed by atoms with van der Waals surface area (Å²) in [6.07, 6.45) is 0.